The van der Waals surface area contributed by atoms with E-state index in [0.717, 1.165) is 25.7 Å². The average molecular weight is 424 g/mol. The number of nitrogens with one attached hydrogen (secondary N) is 1. The monoisotopic (exact) mass is 423 g/mol. The first-order valence-corrected chi connectivity index (χ1v) is 8.93. The average Bonchev–Trinajstić information content (AvgIpc) is 3.05. The molecule has 1 aliphatic carbocycles. The highest BCUT2D eigenvalue weighted by atomic mass is 35.5. The van der Waals surface area contributed by atoms with Gasteiger partial charge in [-0.2, -0.15) is 26.3 Å². The van der Waals surface area contributed by atoms with Gasteiger partial charge in [0, 0.05) is 6.04 Å². The normalized spacial score (nSPS) is 15.9. The van der Waals surface area contributed by atoms with Crippen LogP contribution in [0, 0.1) is 6.92 Å². The van der Waals surface area contributed by atoms with Crippen LogP contribution in [0.3, 0.4) is 0 Å². The van der Waals surface area contributed by atoms with Crippen molar-refractivity contribution in [1.29, 1.82) is 0 Å². The molecule has 0 aliphatic heterocycles. The summed E-state index contributed by atoms with van der Waals surface area (Å²) in [6.07, 6.45) is -6.29. The van der Waals surface area contributed by atoms with Crippen molar-refractivity contribution >= 4 is 17.4 Å². The summed E-state index contributed by atoms with van der Waals surface area (Å²) in [7, 11) is 0. The molecule has 1 aliphatic rings. The molecule has 1 aromatic carbocycles. The zero-order valence-corrected chi connectivity index (χ0v) is 15.4. The maximum Gasteiger partial charge on any atom is 0.416 e. The number of alkyl halides is 6. The van der Waals surface area contributed by atoms with Gasteiger partial charge >= 0.3 is 12.4 Å². The third-order valence-electron chi connectivity index (χ3n) is 4.55. The number of aryl methyl sites for hydroxylation is 1. The molecule has 1 aromatic heterocycles. The maximum absolute atomic E-state index is 13.2. The lowest BCUT2D eigenvalue weighted by Gasteiger charge is -2.19. The number of benzene rings is 1. The molecule has 0 atom stereocenters. The van der Waals surface area contributed by atoms with Gasteiger partial charge in [0.1, 0.15) is 16.8 Å². The van der Waals surface area contributed by atoms with E-state index in [1.54, 1.807) is 6.92 Å². The fourth-order valence-corrected chi connectivity index (χ4v) is 3.58. The number of hydrogen-bond donors (Lipinski definition) is 1. The third-order valence-corrected chi connectivity index (χ3v) is 4.82. The van der Waals surface area contributed by atoms with Crippen molar-refractivity contribution in [2.45, 2.75) is 51.0 Å². The molecule has 0 bridgehead atoms. The van der Waals surface area contributed by atoms with Crippen LogP contribution >= 0.6 is 11.6 Å². The molecule has 0 saturated heterocycles. The van der Waals surface area contributed by atoms with Gasteiger partial charge < -0.3 is 5.32 Å². The van der Waals surface area contributed by atoms with Gasteiger partial charge in [0.25, 0.3) is 0 Å². The summed E-state index contributed by atoms with van der Waals surface area (Å²) in [5.74, 6) is 0.397. The highest BCUT2D eigenvalue weighted by Gasteiger charge is 2.37. The Morgan fingerprint density at radius 3 is 1.96 bits per heavy atom. The minimum absolute atomic E-state index is 0.0250. The van der Waals surface area contributed by atoms with Gasteiger partial charge in [-0.25, -0.2) is 9.97 Å². The van der Waals surface area contributed by atoms with Crippen LogP contribution in [0.5, 0.6) is 0 Å². The van der Waals surface area contributed by atoms with Crippen molar-refractivity contribution in [3.8, 4) is 11.1 Å². The molecule has 2 aromatic rings. The van der Waals surface area contributed by atoms with E-state index in [1.165, 1.54) is 0 Å². The Balaban J connectivity index is 2.19. The van der Waals surface area contributed by atoms with Crippen LogP contribution in [0.2, 0.25) is 5.15 Å². The third kappa shape index (κ3) is 4.51. The number of rotatable bonds is 3. The van der Waals surface area contributed by atoms with Crippen LogP contribution in [0.4, 0.5) is 32.2 Å². The maximum atomic E-state index is 13.2. The molecule has 10 heteroatoms. The SMILES string of the molecule is Cc1nc(Cl)c(-c2cc(C(F)(F)F)cc(C(F)(F)F)c2)c(NC2CCCC2)n1. The summed E-state index contributed by atoms with van der Waals surface area (Å²) in [6, 6.07) is 1.37. The minimum Gasteiger partial charge on any atom is -0.367 e. The van der Waals surface area contributed by atoms with Crippen molar-refractivity contribution in [1.82, 2.24) is 9.97 Å². The van der Waals surface area contributed by atoms with Crippen LogP contribution in [0.25, 0.3) is 11.1 Å². The zero-order chi connectivity index (χ0) is 20.7. The molecule has 0 radical (unpaired) electrons. The van der Waals surface area contributed by atoms with Gasteiger partial charge in [-0.15, -0.1) is 0 Å². The molecule has 152 valence electrons. The van der Waals surface area contributed by atoms with E-state index in [0.29, 0.717) is 12.1 Å². The molecule has 0 unspecified atom stereocenters. The van der Waals surface area contributed by atoms with Crippen LogP contribution in [-0.2, 0) is 12.4 Å². The molecule has 3 rings (SSSR count). The predicted molar refractivity (Wildman–Crippen MR) is 93.1 cm³/mol. The Labute approximate surface area is 162 Å². The van der Waals surface area contributed by atoms with Crippen molar-refractivity contribution in [3.05, 3.63) is 40.3 Å². The molecular weight excluding hydrogens is 408 g/mol. The second kappa shape index (κ2) is 7.42. The van der Waals surface area contributed by atoms with Crippen molar-refractivity contribution in [2.75, 3.05) is 5.32 Å². The molecule has 1 heterocycles. The van der Waals surface area contributed by atoms with Crippen LogP contribution < -0.4 is 5.32 Å². The molecule has 1 saturated carbocycles. The second-order valence-corrected chi connectivity index (χ2v) is 7.06. The zero-order valence-electron chi connectivity index (χ0n) is 14.7. The fourth-order valence-electron chi connectivity index (χ4n) is 3.26. The summed E-state index contributed by atoms with van der Waals surface area (Å²) in [5, 5.41) is 2.90. The van der Waals surface area contributed by atoms with E-state index in [9.17, 15) is 26.3 Å². The molecular formula is C18H16ClF6N3. The summed E-state index contributed by atoms with van der Waals surface area (Å²) in [4.78, 5) is 8.11. The molecule has 28 heavy (non-hydrogen) atoms. The topological polar surface area (TPSA) is 37.8 Å². The highest BCUT2D eigenvalue weighted by molar-refractivity contribution is 6.32. The Kier molecular flexibility index (Phi) is 5.49. The first kappa shape index (κ1) is 20.7. The minimum atomic E-state index is -4.95. The Morgan fingerprint density at radius 1 is 0.929 bits per heavy atom. The summed E-state index contributed by atoms with van der Waals surface area (Å²) in [5.41, 5.74) is -3.25. The Bertz CT molecular complexity index is 841. The lowest BCUT2D eigenvalue weighted by Crippen LogP contribution is -2.17. The van der Waals surface area contributed by atoms with Crippen LogP contribution in [0.1, 0.15) is 42.6 Å². The van der Waals surface area contributed by atoms with Gasteiger partial charge in [-0.3, -0.25) is 0 Å². The largest absolute Gasteiger partial charge is 0.416 e. The molecule has 0 amide bonds. The molecule has 3 nitrogen and oxygen atoms in total. The lowest BCUT2D eigenvalue weighted by molar-refractivity contribution is -0.143. The van der Waals surface area contributed by atoms with E-state index in [1.807, 2.05) is 0 Å². The standard InChI is InChI=1S/C18H16ClF6N3/c1-9-26-15(19)14(16(27-9)28-13-4-2-3-5-13)10-6-11(17(20,21)22)8-12(7-10)18(23,24)25/h6-8,13H,2-5H2,1H3,(H,26,27,28). The number of nitrogens with zero attached hydrogens (tertiary/aromatic N) is 2. The number of anilines is 1. The smallest absolute Gasteiger partial charge is 0.367 e. The van der Waals surface area contributed by atoms with Crippen LogP contribution in [0.15, 0.2) is 18.2 Å². The van der Waals surface area contributed by atoms with Gasteiger partial charge in [-0.05, 0) is 43.5 Å². The number of halogens is 7. The second-order valence-electron chi connectivity index (χ2n) is 6.71. The lowest BCUT2D eigenvalue weighted by atomic mass is 10.00. The molecule has 0 spiro atoms. The Morgan fingerprint density at radius 2 is 1.46 bits per heavy atom. The first-order valence-electron chi connectivity index (χ1n) is 8.55. The predicted octanol–water partition coefficient (Wildman–Crippen LogP) is 6.50. The first-order chi connectivity index (χ1) is 12.9. The number of aromatic nitrogens is 2. The quantitative estimate of drug-likeness (QED) is 0.452. The van der Waals surface area contributed by atoms with E-state index in [-0.39, 0.29) is 40.0 Å². The summed E-state index contributed by atoms with van der Waals surface area (Å²) in [6.45, 7) is 1.54. The summed E-state index contributed by atoms with van der Waals surface area (Å²) >= 11 is 6.13. The van der Waals surface area contributed by atoms with Crippen molar-refractivity contribution < 1.29 is 26.3 Å². The van der Waals surface area contributed by atoms with Gasteiger partial charge in [0.05, 0.1) is 16.7 Å². The van der Waals surface area contributed by atoms with Gasteiger partial charge in [0.2, 0.25) is 0 Å². The van der Waals surface area contributed by atoms with Crippen LogP contribution in [-0.4, -0.2) is 16.0 Å². The fraction of sp³-hybridized carbons (Fsp3) is 0.444. The van der Waals surface area contributed by atoms with Gasteiger partial charge in [-0.1, -0.05) is 24.4 Å². The van der Waals surface area contributed by atoms with Crippen molar-refractivity contribution in [2.24, 2.45) is 0 Å². The molecule has 1 fully saturated rings. The highest BCUT2D eigenvalue weighted by Crippen LogP contribution is 2.42. The number of hydrogen-bond acceptors (Lipinski definition) is 3. The summed E-state index contributed by atoms with van der Waals surface area (Å²) < 4.78 is 79.2. The Hall–Kier alpha value is -2.03. The van der Waals surface area contributed by atoms with E-state index in [4.69, 9.17) is 11.6 Å². The molecule has 1 N–H and O–H groups in total. The van der Waals surface area contributed by atoms with Gasteiger partial charge in [0.15, 0.2) is 0 Å². The van der Waals surface area contributed by atoms with E-state index in [2.05, 4.69) is 15.3 Å². The van der Waals surface area contributed by atoms with Crippen molar-refractivity contribution in [3.63, 3.8) is 0 Å². The van der Waals surface area contributed by atoms with E-state index < -0.39 is 23.5 Å². The van der Waals surface area contributed by atoms with E-state index >= 15 is 0 Å².